The molecule has 1 unspecified atom stereocenters. The molecule has 3 atom stereocenters. The van der Waals surface area contributed by atoms with Gasteiger partial charge in [0.2, 0.25) is 5.44 Å². The average Bonchev–Trinajstić information content (AvgIpc) is 3.04. The highest BCUT2D eigenvalue weighted by molar-refractivity contribution is 7.86. The van der Waals surface area contributed by atoms with Crippen LogP contribution in [0.25, 0.3) is 0 Å². The molecule has 26 heavy (non-hydrogen) atoms. The van der Waals surface area contributed by atoms with Crippen LogP contribution in [0.3, 0.4) is 0 Å². The molecule has 0 aliphatic carbocycles. The Kier molecular flexibility index (Phi) is 4.63. The molecule has 3 aromatic carbocycles. The zero-order valence-corrected chi connectivity index (χ0v) is 15.1. The molecule has 0 bridgehead atoms. The predicted molar refractivity (Wildman–Crippen MR) is 103 cm³/mol. The van der Waals surface area contributed by atoms with Crippen molar-refractivity contribution in [2.45, 2.75) is 16.4 Å². The summed E-state index contributed by atoms with van der Waals surface area (Å²) in [5.41, 5.74) is 1.43. The van der Waals surface area contributed by atoms with Crippen molar-refractivity contribution in [2.75, 3.05) is 12.4 Å². The van der Waals surface area contributed by atoms with E-state index in [1.807, 2.05) is 78.9 Å². The summed E-state index contributed by atoms with van der Waals surface area (Å²) >= 11 is 0. The topological polar surface area (TPSA) is 47.6 Å². The van der Waals surface area contributed by atoms with Gasteiger partial charge in [-0.15, -0.1) is 0 Å². The van der Waals surface area contributed by atoms with Crippen LogP contribution in [-0.4, -0.2) is 16.8 Å². The van der Waals surface area contributed by atoms with E-state index < -0.39 is 16.2 Å². The predicted octanol–water partition coefficient (Wildman–Crippen LogP) is 4.37. The van der Waals surface area contributed by atoms with E-state index in [0.29, 0.717) is 5.75 Å². The lowest BCUT2D eigenvalue weighted by Crippen LogP contribution is -2.31. The normalized spacial score (nSPS) is 19.3. The molecule has 0 spiro atoms. The largest absolute Gasteiger partial charge is 0.497 e. The Bertz CT molecular complexity index is 912. The number of fused-ring (bicyclic) bond motifs is 1. The third kappa shape index (κ3) is 3.18. The molecule has 0 saturated heterocycles. The smallest absolute Gasteiger partial charge is 0.201 e. The second-order valence-corrected chi connectivity index (χ2v) is 7.49. The van der Waals surface area contributed by atoms with Gasteiger partial charge in [0.25, 0.3) is 0 Å². The first-order valence-electron chi connectivity index (χ1n) is 8.38. The molecule has 0 amide bonds. The molecule has 1 aliphatic heterocycles. The van der Waals surface area contributed by atoms with Crippen LogP contribution in [0, 0.1) is 0 Å². The molecular formula is C21H19NO3S. The molecule has 0 radical (unpaired) electrons. The molecule has 0 saturated carbocycles. The molecule has 1 N–H and O–H groups in total. The van der Waals surface area contributed by atoms with E-state index in [9.17, 15) is 4.21 Å². The monoisotopic (exact) mass is 365 g/mol. The van der Waals surface area contributed by atoms with Crippen molar-refractivity contribution in [1.29, 1.82) is 0 Å². The molecule has 1 aliphatic rings. The lowest BCUT2D eigenvalue weighted by molar-refractivity contribution is 0.267. The van der Waals surface area contributed by atoms with Gasteiger partial charge in [-0.1, -0.05) is 42.5 Å². The number of methoxy groups -OCH3 is 1. The summed E-state index contributed by atoms with van der Waals surface area (Å²) < 4.78 is 24.3. The Balaban J connectivity index is 1.67. The van der Waals surface area contributed by atoms with Crippen molar-refractivity contribution in [2.24, 2.45) is 0 Å². The molecule has 0 aromatic heterocycles. The molecule has 4 nitrogen and oxygen atoms in total. The SMILES string of the molecule is COc1ccc(N[C@H](c2ccccc2)[C@H]2Oc3ccccc3S2=O)cc1. The van der Waals surface area contributed by atoms with Gasteiger partial charge in [-0.05, 0) is 42.0 Å². The summed E-state index contributed by atoms with van der Waals surface area (Å²) in [7, 11) is 0.386. The Hall–Kier alpha value is -2.79. The summed E-state index contributed by atoms with van der Waals surface area (Å²) in [4.78, 5) is 0.745. The van der Waals surface area contributed by atoms with Crippen molar-refractivity contribution in [3.8, 4) is 11.5 Å². The van der Waals surface area contributed by atoms with Gasteiger partial charge in [-0.2, -0.15) is 0 Å². The minimum atomic E-state index is -1.26. The van der Waals surface area contributed by atoms with E-state index >= 15 is 0 Å². The fourth-order valence-corrected chi connectivity index (χ4v) is 4.48. The van der Waals surface area contributed by atoms with Crippen molar-refractivity contribution in [3.63, 3.8) is 0 Å². The van der Waals surface area contributed by atoms with Gasteiger partial charge in [0.15, 0.2) is 0 Å². The standard InChI is InChI=1S/C21H19NO3S/c1-24-17-13-11-16(12-14-17)22-20(15-7-3-2-4-8-15)21-25-18-9-5-6-10-19(18)26(21)23/h2-14,20-22H,1H3/t20-,21+,26?/m1/s1. The van der Waals surface area contributed by atoms with Gasteiger partial charge < -0.3 is 14.8 Å². The fraction of sp³-hybridized carbons (Fsp3) is 0.143. The lowest BCUT2D eigenvalue weighted by Gasteiger charge is -2.25. The zero-order chi connectivity index (χ0) is 17.9. The quantitative estimate of drug-likeness (QED) is 0.729. The Labute approximate surface area is 155 Å². The fourth-order valence-electron chi connectivity index (χ4n) is 3.04. The van der Waals surface area contributed by atoms with Crippen LogP contribution in [-0.2, 0) is 10.8 Å². The van der Waals surface area contributed by atoms with Crippen molar-refractivity contribution >= 4 is 16.5 Å². The average molecular weight is 365 g/mol. The van der Waals surface area contributed by atoms with Crippen molar-refractivity contribution in [1.82, 2.24) is 0 Å². The van der Waals surface area contributed by atoms with E-state index in [-0.39, 0.29) is 6.04 Å². The summed E-state index contributed by atoms with van der Waals surface area (Å²) in [5, 5.41) is 3.48. The lowest BCUT2D eigenvalue weighted by atomic mass is 10.1. The number of nitrogens with one attached hydrogen (secondary N) is 1. The van der Waals surface area contributed by atoms with Crippen LogP contribution < -0.4 is 14.8 Å². The minimum Gasteiger partial charge on any atom is -0.497 e. The van der Waals surface area contributed by atoms with Gasteiger partial charge in [-0.3, -0.25) is 4.21 Å². The number of hydrogen-bond donors (Lipinski definition) is 1. The van der Waals surface area contributed by atoms with Crippen LogP contribution in [0.4, 0.5) is 5.69 Å². The molecule has 5 heteroatoms. The van der Waals surface area contributed by atoms with Gasteiger partial charge in [-0.25, -0.2) is 0 Å². The molecule has 3 aromatic rings. The van der Waals surface area contributed by atoms with Crippen LogP contribution >= 0.6 is 0 Å². The maximum absolute atomic E-state index is 13.0. The number of anilines is 1. The van der Waals surface area contributed by atoms with Crippen LogP contribution in [0.5, 0.6) is 11.5 Å². The molecule has 1 heterocycles. The van der Waals surface area contributed by atoms with E-state index in [1.54, 1.807) is 7.11 Å². The van der Waals surface area contributed by atoms with E-state index in [4.69, 9.17) is 9.47 Å². The second kappa shape index (κ2) is 7.22. The molecule has 4 rings (SSSR count). The first-order chi connectivity index (χ1) is 12.8. The van der Waals surface area contributed by atoms with Crippen molar-refractivity contribution < 1.29 is 13.7 Å². The van der Waals surface area contributed by atoms with Crippen LogP contribution in [0.1, 0.15) is 11.6 Å². The zero-order valence-electron chi connectivity index (χ0n) is 14.3. The summed E-state index contributed by atoms with van der Waals surface area (Å²) in [6.07, 6.45) is 0. The summed E-state index contributed by atoms with van der Waals surface area (Å²) in [6, 6.07) is 24.9. The molecule has 0 fully saturated rings. The summed E-state index contributed by atoms with van der Waals surface area (Å²) in [6.45, 7) is 0. The number of hydrogen-bond acceptors (Lipinski definition) is 4. The highest BCUT2D eigenvalue weighted by atomic mass is 32.2. The number of rotatable bonds is 5. The van der Waals surface area contributed by atoms with Gasteiger partial charge in [0.1, 0.15) is 28.3 Å². The van der Waals surface area contributed by atoms with E-state index in [0.717, 1.165) is 21.9 Å². The second-order valence-electron chi connectivity index (χ2n) is 5.99. The number of ether oxygens (including phenoxy) is 2. The van der Waals surface area contributed by atoms with Crippen LogP contribution in [0.15, 0.2) is 83.8 Å². The van der Waals surface area contributed by atoms with Gasteiger partial charge >= 0.3 is 0 Å². The molecule has 132 valence electrons. The Morgan fingerprint density at radius 1 is 0.962 bits per heavy atom. The number of benzene rings is 3. The van der Waals surface area contributed by atoms with E-state index in [2.05, 4.69) is 5.32 Å². The Morgan fingerprint density at radius 2 is 1.65 bits per heavy atom. The first kappa shape index (κ1) is 16.7. The maximum atomic E-state index is 13.0. The van der Waals surface area contributed by atoms with Gasteiger partial charge in [0, 0.05) is 5.69 Å². The first-order valence-corrected chi connectivity index (χ1v) is 9.59. The molecular weight excluding hydrogens is 346 g/mol. The van der Waals surface area contributed by atoms with E-state index in [1.165, 1.54) is 0 Å². The van der Waals surface area contributed by atoms with Crippen molar-refractivity contribution in [3.05, 3.63) is 84.4 Å². The minimum absolute atomic E-state index is 0.252. The third-order valence-electron chi connectivity index (χ3n) is 4.36. The Morgan fingerprint density at radius 3 is 2.35 bits per heavy atom. The highest BCUT2D eigenvalue weighted by Gasteiger charge is 2.38. The van der Waals surface area contributed by atoms with Crippen LogP contribution in [0.2, 0.25) is 0 Å². The summed E-state index contributed by atoms with van der Waals surface area (Å²) in [5.74, 6) is 1.48. The third-order valence-corrected chi connectivity index (χ3v) is 5.92. The highest BCUT2D eigenvalue weighted by Crippen LogP contribution is 2.39. The maximum Gasteiger partial charge on any atom is 0.201 e. The number of para-hydroxylation sites is 1. The van der Waals surface area contributed by atoms with Gasteiger partial charge in [0.05, 0.1) is 12.0 Å².